The van der Waals surface area contributed by atoms with Gasteiger partial charge in [-0.2, -0.15) is 0 Å². The van der Waals surface area contributed by atoms with Crippen LogP contribution in [0.4, 0.5) is 0 Å². The second-order valence-electron chi connectivity index (χ2n) is 11.8. The van der Waals surface area contributed by atoms with Crippen molar-refractivity contribution in [2.24, 2.45) is 0 Å². The topological polar surface area (TPSA) is 121 Å². The smallest absolute Gasteiger partial charge is 0.550 e. The van der Waals surface area contributed by atoms with Crippen molar-refractivity contribution in [1.82, 2.24) is 0 Å². The Morgan fingerprint density at radius 2 is 0.837 bits per heavy atom. The van der Waals surface area contributed by atoms with E-state index in [0.29, 0.717) is 0 Å². The van der Waals surface area contributed by atoms with Crippen LogP contribution >= 0.6 is 0 Å². The fourth-order valence-corrected chi connectivity index (χ4v) is 4.72. The first-order valence-electron chi connectivity index (χ1n) is 17.4. The maximum absolute atomic E-state index is 10.2. The summed E-state index contributed by atoms with van der Waals surface area (Å²) in [5.74, 6) is -1.88. The van der Waals surface area contributed by atoms with Gasteiger partial charge in [-0.15, -0.1) is 0 Å². The van der Waals surface area contributed by atoms with Crippen molar-refractivity contribution in [2.45, 2.75) is 193 Å². The molecule has 6 nitrogen and oxygen atoms in total. The molecule has 43 heavy (non-hydrogen) atoms. The molecule has 0 aliphatic carbocycles. The zero-order chi connectivity index (χ0) is 31.5. The van der Waals surface area contributed by atoms with Gasteiger partial charge in [-0.25, -0.2) is 0 Å². The second kappa shape index (κ2) is 39.9. The summed E-state index contributed by atoms with van der Waals surface area (Å²) in [5.41, 5.74) is 0. The quantitative estimate of drug-likeness (QED) is 0.0462. The first kappa shape index (κ1) is 47.3. The van der Waals surface area contributed by atoms with E-state index in [2.05, 4.69) is 38.2 Å². The maximum Gasteiger partial charge on any atom is 2.00 e. The number of carbonyl (C=O) groups is 2. The summed E-state index contributed by atoms with van der Waals surface area (Å²) in [6, 6.07) is 0. The molecule has 0 aromatic rings. The minimum Gasteiger partial charge on any atom is -0.550 e. The third-order valence-corrected chi connectivity index (χ3v) is 7.43. The van der Waals surface area contributed by atoms with E-state index in [4.69, 9.17) is 0 Å². The molecule has 0 heterocycles. The van der Waals surface area contributed by atoms with Crippen molar-refractivity contribution in [3.8, 4) is 0 Å². The van der Waals surface area contributed by atoms with Gasteiger partial charge in [-0.1, -0.05) is 128 Å². The van der Waals surface area contributed by atoms with Gasteiger partial charge in [0.25, 0.3) is 0 Å². The molecule has 0 aromatic carbocycles. The molecular formula is C36H66BaO6. The van der Waals surface area contributed by atoms with Gasteiger partial charge in [-0.3, -0.25) is 0 Å². The average Bonchev–Trinajstić information content (AvgIpc) is 2.95. The van der Waals surface area contributed by atoms with E-state index >= 15 is 0 Å². The van der Waals surface area contributed by atoms with Gasteiger partial charge >= 0.3 is 48.9 Å². The first-order valence-corrected chi connectivity index (χ1v) is 17.4. The minimum atomic E-state index is -0.939. The largest absolute Gasteiger partial charge is 2.00 e. The van der Waals surface area contributed by atoms with Gasteiger partial charge in [0.2, 0.25) is 0 Å². The van der Waals surface area contributed by atoms with Crippen molar-refractivity contribution in [1.29, 1.82) is 0 Å². The molecule has 0 fully saturated rings. The Hall–Kier alpha value is -0.0886. The van der Waals surface area contributed by atoms with Crippen molar-refractivity contribution in [3.63, 3.8) is 0 Å². The molecule has 0 unspecified atom stereocenters. The van der Waals surface area contributed by atoms with Gasteiger partial charge < -0.3 is 30.0 Å². The molecule has 0 aromatic heterocycles. The van der Waals surface area contributed by atoms with Crippen molar-refractivity contribution in [2.75, 3.05) is 0 Å². The third kappa shape index (κ3) is 46.5. The molecule has 0 saturated heterocycles. The van der Waals surface area contributed by atoms with Crippen LogP contribution in [0.3, 0.4) is 0 Å². The summed E-state index contributed by atoms with van der Waals surface area (Å²) < 4.78 is 0. The van der Waals surface area contributed by atoms with E-state index < -0.39 is 11.9 Å². The predicted molar refractivity (Wildman–Crippen MR) is 177 cm³/mol. The Bertz CT molecular complexity index is 583. The van der Waals surface area contributed by atoms with E-state index in [9.17, 15) is 30.0 Å². The van der Waals surface area contributed by atoms with E-state index in [1.807, 2.05) is 0 Å². The Morgan fingerprint density at radius 3 is 1.19 bits per heavy atom. The summed E-state index contributed by atoms with van der Waals surface area (Å²) in [7, 11) is 0. The van der Waals surface area contributed by atoms with Crippen LogP contribution in [0.15, 0.2) is 24.3 Å². The van der Waals surface area contributed by atoms with E-state index in [1.165, 1.54) is 38.5 Å². The molecule has 248 valence electrons. The molecule has 0 radical (unpaired) electrons. The Kier molecular flexibility index (Phi) is 43.9. The Labute approximate surface area is 305 Å². The van der Waals surface area contributed by atoms with Crippen LogP contribution in [0.1, 0.15) is 181 Å². The minimum absolute atomic E-state index is 0. The van der Waals surface area contributed by atoms with Gasteiger partial charge in [0, 0.05) is 11.9 Å². The molecule has 2 atom stereocenters. The summed E-state index contributed by atoms with van der Waals surface area (Å²) in [4.78, 5) is 20.4. The zero-order valence-electron chi connectivity index (χ0n) is 28.1. The molecule has 0 aliphatic rings. The van der Waals surface area contributed by atoms with Gasteiger partial charge in [0.05, 0.1) is 12.2 Å². The van der Waals surface area contributed by atoms with Crippen LogP contribution in [0.5, 0.6) is 0 Å². The maximum atomic E-state index is 10.2. The predicted octanol–water partition coefficient (Wildman–Crippen LogP) is 7.11. The van der Waals surface area contributed by atoms with Crippen molar-refractivity contribution >= 4 is 60.8 Å². The van der Waals surface area contributed by atoms with Crippen LogP contribution in [0, 0.1) is 0 Å². The van der Waals surface area contributed by atoms with Crippen LogP contribution < -0.4 is 10.2 Å². The number of rotatable bonds is 30. The van der Waals surface area contributed by atoms with Crippen LogP contribution in [-0.4, -0.2) is 83.2 Å². The molecule has 0 aliphatic heterocycles. The van der Waals surface area contributed by atoms with Gasteiger partial charge in [0.1, 0.15) is 0 Å². The van der Waals surface area contributed by atoms with E-state index in [-0.39, 0.29) is 73.9 Å². The van der Waals surface area contributed by atoms with Crippen LogP contribution in [0.25, 0.3) is 0 Å². The number of carboxylic acid groups (broad SMARTS) is 2. The Morgan fingerprint density at radius 1 is 0.512 bits per heavy atom. The molecule has 0 bridgehead atoms. The second-order valence-corrected chi connectivity index (χ2v) is 11.8. The van der Waals surface area contributed by atoms with Crippen LogP contribution in [0.2, 0.25) is 0 Å². The molecule has 0 saturated carbocycles. The number of allylic oxidation sites excluding steroid dienone is 2. The Balaban J connectivity index is -0.000000727. The molecule has 0 amide bonds. The fraction of sp³-hybridized carbons (Fsp3) is 0.833. The van der Waals surface area contributed by atoms with Gasteiger partial charge in [-0.05, 0) is 77.0 Å². The van der Waals surface area contributed by atoms with Crippen molar-refractivity contribution < 1.29 is 30.0 Å². The van der Waals surface area contributed by atoms with E-state index in [0.717, 1.165) is 116 Å². The van der Waals surface area contributed by atoms with E-state index in [1.54, 1.807) is 0 Å². The first-order chi connectivity index (χ1) is 20.3. The molecule has 0 rings (SSSR count). The number of aliphatic hydroxyl groups is 2. The number of hydrogen-bond donors (Lipinski definition) is 2. The third-order valence-electron chi connectivity index (χ3n) is 7.43. The normalized spacial score (nSPS) is 12.6. The molecule has 0 spiro atoms. The summed E-state index contributed by atoms with van der Waals surface area (Å²) >= 11 is 0. The summed E-state index contributed by atoms with van der Waals surface area (Å²) in [6.45, 7) is 4.39. The molecule has 2 N–H and O–H groups in total. The number of hydrogen-bond acceptors (Lipinski definition) is 6. The average molecular weight is 732 g/mol. The summed E-state index contributed by atoms with van der Waals surface area (Å²) in [6.07, 6.45) is 34.0. The van der Waals surface area contributed by atoms with Gasteiger partial charge in [0.15, 0.2) is 0 Å². The number of unbranched alkanes of at least 4 members (excludes halogenated alkanes) is 16. The number of carbonyl (C=O) groups excluding carboxylic acids is 2. The zero-order valence-corrected chi connectivity index (χ0v) is 32.5. The number of aliphatic hydroxyl groups excluding tert-OH is 2. The standard InChI is InChI=1S/2C18H34O3.Ba/c2*1-2-3-4-11-14-17(19)15-12-9-7-5-6-8-10-13-16-18(20)21;/h2*9,12,17,19H,2-8,10-11,13-16H2,1H3,(H,20,21);/q;;+2/p-2/b2*12-9-;/t2*17-;/m00./s1. The summed E-state index contributed by atoms with van der Waals surface area (Å²) in [5, 5.41) is 40.0. The number of aliphatic carboxylic acids is 2. The van der Waals surface area contributed by atoms with Crippen molar-refractivity contribution in [3.05, 3.63) is 24.3 Å². The fourth-order valence-electron chi connectivity index (χ4n) is 4.72. The number of carboxylic acids is 2. The SMILES string of the molecule is CCCCCC[C@H](O)C/C=C\CCCCCCCC(=O)[O-].CCCCCC[C@H](O)C/C=C\CCCCCCCC(=O)[O-].[Ba+2]. The van der Waals surface area contributed by atoms with Crippen LogP contribution in [-0.2, 0) is 9.59 Å². The molecule has 7 heteroatoms. The molecular weight excluding hydrogens is 666 g/mol. The monoisotopic (exact) mass is 732 g/mol.